The van der Waals surface area contributed by atoms with Gasteiger partial charge in [0.2, 0.25) is 0 Å². The maximum atomic E-state index is 5.50. The van der Waals surface area contributed by atoms with Crippen LogP contribution in [0.25, 0.3) is 0 Å². The van der Waals surface area contributed by atoms with Crippen LogP contribution in [0.15, 0.2) is 24.3 Å². The van der Waals surface area contributed by atoms with Crippen molar-refractivity contribution in [3.8, 4) is 0 Å². The molecular weight excluding hydrogens is 351 g/mol. The van der Waals surface area contributed by atoms with Gasteiger partial charge in [-0.25, -0.2) is 5.48 Å². The van der Waals surface area contributed by atoms with Crippen LogP contribution >= 0.6 is 22.6 Å². The van der Waals surface area contributed by atoms with Gasteiger partial charge in [0.15, 0.2) is 0 Å². The molecule has 0 bridgehead atoms. The molecule has 0 saturated carbocycles. The summed E-state index contributed by atoms with van der Waals surface area (Å²) in [5, 5.41) is 0. The third-order valence-corrected chi connectivity index (χ3v) is 4.20. The Morgan fingerprint density at radius 2 is 1.74 bits per heavy atom. The Bertz CT molecular complexity index is 348. The molecule has 1 aromatic carbocycles. The monoisotopic (exact) mass is 374 g/mol. The van der Waals surface area contributed by atoms with Crippen LogP contribution in [0.3, 0.4) is 0 Å². The van der Waals surface area contributed by atoms with Crippen molar-refractivity contribution in [1.29, 1.82) is 0 Å². The van der Waals surface area contributed by atoms with Crippen LogP contribution in [0.2, 0.25) is 0 Å². The summed E-state index contributed by atoms with van der Waals surface area (Å²) >= 11 is 2.31. The molecule has 106 valence electrons. The topological polar surface area (TPSA) is 24.5 Å². The number of rotatable bonds is 6. The lowest BCUT2D eigenvalue weighted by atomic mass is 10.2. The fourth-order valence-corrected chi connectivity index (χ4v) is 2.71. The molecule has 1 fully saturated rings. The Balaban J connectivity index is 1.55. The molecular formula is C15H23IN2O. The Kier molecular flexibility index (Phi) is 7.13. The summed E-state index contributed by atoms with van der Waals surface area (Å²) in [5.74, 6) is 0. The number of hydrogen-bond acceptors (Lipinski definition) is 3. The van der Waals surface area contributed by atoms with Crippen molar-refractivity contribution >= 4 is 22.6 Å². The number of benzene rings is 1. The Labute approximate surface area is 129 Å². The minimum Gasteiger partial charge on any atom is -0.302 e. The molecule has 1 aromatic rings. The number of hydrogen-bond donors (Lipinski definition) is 1. The second-order valence-electron chi connectivity index (χ2n) is 5.07. The second-order valence-corrected chi connectivity index (χ2v) is 6.31. The van der Waals surface area contributed by atoms with Crippen molar-refractivity contribution in [2.24, 2.45) is 0 Å². The smallest absolute Gasteiger partial charge is 0.0933 e. The van der Waals surface area contributed by atoms with Crippen molar-refractivity contribution < 1.29 is 4.84 Å². The molecule has 1 N–H and O–H groups in total. The van der Waals surface area contributed by atoms with Crippen LogP contribution in [0.1, 0.15) is 31.2 Å². The summed E-state index contributed by atoms with van der Waals surface area (Å²) in [7, 11) is 0. The van der Waals surface area contributed by atoms with Crippen molar-refractivity contribution in [3.63, 3.8) is 0 Å². The highest BCUT2D eigenvalue weighted by Crippen LogP contribution is 2.09. The molecule has 19 heavy (non-hydrogen) atoms. The molecule has 1 aliphatic rings. The van der Waals surface area contributed by atoms with E-state index < -0.39 is 0 Å². The third kappa shape index (κ3) is 6.21. The van der Waals surface area contributed by atoms with Gasteiger partial charge in [0.25, 0.3) is 0 Å². The number of hydroxylamine groups is 1. The first kappa shape index (κ1) is 15.2. The highest BCUT2D eigenvalue weighted by molar-refractivity contribution is 14.1. The molecule has 3 nitrogen and oxygen atoms in total. The zero-order valence-corrected chi connectivity index (χ0v) is 13.6. The van der Waals surface area contributed by atoms with E-state index >= 15 is 0 Å². The van der Waals surface area contributed by atoms with Crippen LogP contribution in [0.4, 0.5) is 0 Å². The van der Waals surface area contributed by atoms with Gasteiger partial charge in [0.05, 0.1) is 6.61 Å². The molecule has 0 radical (unpaired) electrons. The van der Waals surface area contributed by atoms with Crippen molar-refractivity contribution in [2.45, 2.75) is 32.3 Å². The zero-order valence-electron chi connectivity index (χ0n) is 11.4. The van der Waals surface area contributed by atoms with Gasteiger partial charge < -0.3 is 4.90 Å². The van der Waals surface area contributed by atoms with Gasteiger partial charge in [-0.1, -0.05) is 25.0 Å². The first-order valence-electron chi connectivity index (χ1n) is 7.16. The normalized spacial score (nSPS) is 17.3. The first-order chi connectivity index (χ1) is 9.34. The van der Waals surface area contributed by atoms with Gasteiger partial charge >= 0.3 is 0 Å². The van der Waals surface area contributed by atoms with E-state index in [1.807, 2.05) is 0 Å². The van der Waals surface area contributed by atoms with E-state index in [0.29, 0.717) is 6.61 Å². The number of halogens is 1. The highest BCUT2D eigenvalue weighted by atomic mass is 127. The van der Waals surface area contributed by atoms with E-state index in [0.717, 1.165) is 13.1 Å². The van der Waals surface area contributed by atoms with Gasteiger partial charge in [-0.2, -0.15) is 0 Å². The molecule has 0 atom stereocenters. The Hall–Kier alpha value is -0.170. The predicted octanol–water partition coefficient (Wildman–Crippen LogP) is 3.19. The van der Waals surface area contributed by atoms with E-state index in [2.05, 4.69) is 57.2 Å². The number of likely N-dealkylation sites (tertiary alicyclic amines) is 1. The molecule has 0 aliphatic carbocycles. The quantitative estimate of drug-likeness (QED) is 0.470. The largest absolute Gasteiger partial charge is 0.302 e. The van der Waals surface area contributed by atoms with Gasteiger partial charge in [0, 0.05) is 16.7 Å². The van der Waals surface area contributed by atoms with Crippen molar-refractivity contribution in [3.05, 3.63) is 33.4 Å². The third-order valence-electron chi connectivity index (χ3n) is 3.48. The molecule has 0 spiro atoms. The Morgan fingerprint density at radius 3 is 2.42 bits per heavy atom. The lowest BCUT2D eigenvalue weighted by Gasteiger charge is -2.19. The molecule has 4 heteroatoms. The van der Waals surface area contributed by atoms with Crippen LogP contribution in [0.5, 0.6) is 0 Å². The number of nitrogens with one attached hydrogen (secondary N) is 1. The molecule has 1 heterocycles. The van der Waals surface area contributed by atoms with E-state index in [1.54, 1.807) is 0 Å². The van der Waals surface area contributed by atoms with E-state index in [1.165, 1.54) is 47.9 Å². The summed E-state index contributed by atoms with van der Waals surface area (Å²) in [5.41, 5.74) is 4.28. The highest BCUT2D eigenvalue weighted by Gasteiger charge is 2.07. The van der Waals surface area contributed by atoms with Crippen molar-refractivity contribution in [1.82, 2.24) is 10.4 Å². The standard InChI is InChI=1S/C15H23IN2O/c16-15-7-5-14(6-8-15)13-19-17-9-12-18-10-3-1-2-4-11-18/h5-8,17H,1-4,9-13H2. The average Bonchev–Trinajstić information content (AvgIpc) is 2.69. The van der Waals surface area contributed by atoms with Crippen LogP contribution < -0.4 is 5.48 Å². The average molecular weight is 374 g/mol. The summed E-state index contributed by atoms with van der Waals surface area (Å²) in [6, 6.07) is 8.43. The predicted molar refractivity (Wildman–Crippen MR) is 86.9 cm³/mol. The lowest BCUT2D eigenvalue weighted by molar-refractivity contribution is 0.0231. The van der Waals surface area contributed by atoms with Gasteiger partial charge in [-0.15, -0.1) is 0 Å². The van der Waals surface area contributed by atoms with Gasteiger partial charge in [0.1, 0.15) is 0 Å². The van der Waals surface area contributed by atoms with Gasteiger partial charge in [-0.05, 0) is 66.2 Å². The molecule has 0 aromatic heterocycles. The fraction of sp³-hybridized carbons (Fsp3) is 0.600. The maximum absolute atomic E-state index is 5.50. The van der Waals surface area contributed by atoms with E-state index in [-0.39, 0.29) is 0 Å². The molecule has 1 saturated heterocycles. The minimum atomic E-state index is 0.636. The van der Waals surface area contributed by atoms with Crippen LogP contribution in [0, 0.1) is 3.57 Å². The van der Waals surface area contributed by atoms with Crippen molar-refractivity contribution in [2.75, 3.05) is 26.2 Å². The summed E-state index contributed by atoms with van der Waals surface area (Å²) in [4.78, 5) is 8.04. The van der Waals surface area contributed by atoms with E-state index in [4.69, 9.17) is 4.84 Å². The summed E-state index contributed by atoms with van der Waals surface area (Å²) in [6.07, 6.45) is 5.49. The second kappa shape index (κ2) is 8.89. The molecule has 1 aliphatic heterocycles. The minimum absolute atomic E-state index is 0.636. The SMILES string of the molecule is Ic1ccc(CONCCN2CCCCCC2)cc1. The molecule has 0 unspecified atom stereocenters. The Morgan fingerprint density at radius 1 is 1.05 bits per heavy atom. The van der Waals surface area contributed by atoms with Gasteiger partial charge in [-0.3, -0.25) is 4.84 Å². The van der Waals surface area contributed by atoms with Crippen LogP contribution in [-0.4, -0.2) is 31.1 Å². The lowest BCUT2D eigenvalue weighted by Crippen LogP contribution is -2.32. The first-order valence-corrected chi connectivity index (χ1v) is 8.24. The molecule has 2 rings (SSSR count). The molecule has 0 amide bonds. The zero-order chi connectivity index (χ0) is 13.3. The maximum Gasteiger partial charge on any atom is 0.0933 e. The van der Waals surface area contributed by atoms with E-state index in [9.17, 15) is 0 Å². The summed E-state index contributed by atoms with van der Waals surface area (Å²) in [6.45, 7) is 5.13. The van der Waals surface area contributed by atoms with Crippen LogP contribution in [-0.2, 0) is 11.4 Å². The fourth-order valence-electron chi connectivity index (χ4n) is 2.35. The summed E-state index contributed by atoms with van der Waals surface area (Å²) < 4.78 is 1.26. The number of nitrogens with zero attached hydrogens (tertiary/aromatic N) is 1.